The van der Waals surface area contributed by atoms with Crippen LogP contribution in [0.4, 0.5) is 8.78 Å². The van der Waals surface area contributed by atoms with E-state index >= 15 is 0 Å². The highest BCUT2D eigenvalue weighted by molar-refractivity contribution is 7.20. The molecule has 0 spiro atoms. The fraction of sp³-hybridized carbons (Fsp3) is 0.263. The van der Waals surface area contributed by atoms with Gasteiger partial charge in [0.05, 0.1) is 15.6 Å². The molecule has 2 heterocycles. The smallest absolute Gasteiger partial charge is 0.159 e. The van der Waals surface area contributed by atoms with Crippen LogP contribution < -0.4 is 5.32 Å². The molecule has 0 amide bonds. The summed E-state index contributed by atoms with van der Waals surface area (Å²) in [6.07, 6.45) is 0. The largest absolute Gasteiger partial charge is 0.365 e. The number of pyridine rings is 1. The molecule has 0 bridgehead atoms. The summed E-state index contributed by atoms with van der Waals surface area (Å²) in [7, 11) is 1.69. The minimum Gasteiger partial charge on any atom is -0.365 e. The molecule has 0 atom stereocenters. The number of aliphatic imine (C=N–C) groups is 1. The van der Waals surface area contributed by atoms with E-state index in [0.717, 1.165) is 38.0 Å². The summed E-state index contributed by atoms with van der Waals surface area (Å²) in [5.74, 6) is -1.03. The number of hydrogen-bond acceptors (Lipinski definition) is 3. The van der Waals surface area contributed by atoms with Crippen LogP contribution in [0.15, 0.2) is 23.2 Å². The molecule has 0 aliphatic carbocycles. The zero-order valence-corrected chi connectivity index (χ0v) is 16.4. The average Bonchev–Trinajstić information content (AvgIpc) is 2.93. The zero-order valence-electron chi connectivity index (χ0n) is 14.9. The molecule has 1 N–H and O–H groups in total. The van der Waals surface area contributed by atoms with E-state index in [2.05, 4.69) is 15.3 Å². The fourth-order valence-corrected chi connectivity index (χ4v) is 4.36. The van der Waals surface area contributed by atoms with Crippen molar-refractivity contribution in [2.45, 2.75) is 27.3 Å². The van der Waals surface area contributed by atoms with Crippen LogP contribution in [0.2, 0.25) is 5.02 Å². The number of nitrogens with one attached hydrogen (secondary N) is 1. The number of aromatic nitrogens is 1. The Morgan fingerprint density at radius 3 is 2.58 bits per heavy atom. The lowest BCUT2D eigenvalue weighted by molar-refractivity contribution is 0.507. The summed E-state index contributed by atoms with van der Waals surface area (Å²) in [6.45, 7) is 6.22. The first kappa shape index (κ1) is 18.7. The van der Waals surface area contributed by atoms with Crippen LogP contribution in [0.1, 0.15) is 27.3 Å². The number of nitrogens with zero attached hydrogens (tertiary/aromatic N) is 2. The molecular formula is C19H18ClF2N3S. The second-order valence-electron chi connectivity index (χ2n) is 6.05. The van der Waals surface area contributed by atoms with Gasteiger partial charge in [0.25, 0.3) is 0 Å². The van der Waals surface area contributed by atoms with Crippen LogP contribution in [0, 0.1) is 32.4 Å². The molecule has 0 aliphatic rings. The van der Waals surface area contributed by atoms with E-state index in [-0.39, 0.29) is 0 Å². The summed E-state index contributed by atoms with van der Waals surface area (Å²) in [4.78, 5) is 10.8. The fourth-order valence-electron chi connectivity index (χ4n) is 2.92. The predicted octanol–water partition coefficient (Wildman–Crippen LogP) is 5.32. The lowest BCUT2D eigenvalue weighted by Crippen LogP contribution is -2.23. The average molecular weight is 394 g/mol. The Hall–Kier alpha value is -2.05. The first-order valence-electron chi connectivity index (χ1n) is 8.04. The predicted molar refractivity (Wildman–Crippen MR) is 104 cm³/mol. The SMILES string of the molecule is CN=C(NCc1ccc(F)c(F)c1)c1sc2nc(C)c(Cl)c(C)c2c1C. The number of thiophene rings is 1. The van der Waals surface area contributed by atoms with Crippen molar-refractivity contribution < 1.29 is 8.78 Å². The van der Waals surface area contributed by atoms with Gasteiger partial charge in [0.2, 0.25) is 0 Å². The van der Waals surface area contributed by atoms with E-state index in [1.54, 1.807) is 13.1 Å². The van der Waals surface area contributed by atoms with Crippen LogP contribution in [-0.4, -0.2) is 17.9 Å². The van der Waals surface area contributed by atoms with Crippen LogP contribution in [0.3, 0.4) is 0 Å². The van der Waals surface area contributed by atoms with E-state index in [0.29, 0.717) is 23.0 Å². The summed E-state index contributed by atoms with van der Waals surface area (Å²) in [6, 6.07) is 3.85. The summed E-state index contributed by atoms with van der Waals surface area (Å²) < 4.78 is 26.4. The van der Waals surface area contributed by atoms with Crippen molar-refractivity contribution >= 4 is 39.0 Å². The molecule has 3 rings (SSSR count). The molecule has 0 unspecified atom stereocenters. The van der Waals surface area contributed by atoms with E-state index in [4.69, 9.17) is 11.6 Å². The first-order valence-corrected chi connectivity index (χ1v) is 9.23. The molecule has 0 aliphatic heterocycles. The highest BCUT2D eigenvalue weighted by atomic mass is 35.5. The van der Waals surface area contributed by atoms with Gasteiger partial charge in [-0.3, -0.25) is 4.99 Å². The van der Waals surface area contributed by atoms with Crippen molar-refractivity contribution in [3.05, 3.63) is 62.1 Å². The van der Waals surface area contributed by atoms with Gasteiger partial charge in [0, 0.05) is 19.0 Å². The lowest BCUT2D eigenvalue weighted by atomic mass is 10.1. The topological polar surface area (TPSA) is 37.3 Å². The van der Waals surface area contributed by atoms with Crippen molar-refractivity contribution in [1.82, 2.24) is 10.3 Å². The molecule has 3 aromatic rings. The normalized spacial score (nSPS) is 12.0. The Morgan fingerprint density at radius 2 is 1.92 bits per heavy atom. The number of amidine groups is 1. The molecule has 0 saturated heterocycles. The summed E-state index contributed by atoms with van der Waals surface area (Å²) >= 11 is 7.89. The summed E-state index contributed by atoms with van der Waals surface area (Å²) in [5, 5.41) is 4.92. The number of hydrogen-bond donors (Lipinski definition) is 1. The quantitative estimate of drug-likeness (QED) is 0.483. The van der Waals surface area contributed by atoms with Crippen molar-refractivity contribution in [2.24, 2.45) is 4.99 Å². The molecule has 3 nitrogen and oxygen atoms in total. The Labute approximate surface area is 159 Å². The lowest BCUT2D eigenvalue weighted by Gasteiger charge is -2.09. The second-order valence-corrected chi connectivity index (χ2v) is 7.42. The van der Waals surface area contributed by atoms with Crippen molar-refractivity contribution in [2.75, 3.05) is 7.05 Å². The number of benzene rings is 1. The highest BCUT2D eigenvalue weighted by Gasteiger charge is 2.18. The number of rotatable bonds is 3. The van der Waals surface area contributed by atoms with E-state index < -0.39 is 11.6 Å². The molecule has 1 aromatic carbocycles. The van der Waals surface area contributed by atoms with Gasteiger partial charge in [-0.05, 0) is 49.6 Å². The Morgan fingerprint density at radius 1 is 1.19 bits per heavy atom. The van der Waals surface area contributed by atoms with Gasteiger partial charge in [-0.25, -0.2) is 13.8 Å². The van der Waals surface area contributed by atoms with Gasteiger partial charge in [-0.1, -0.05) is 17.7 Å². The van der Waals surface area contributed by atoms with Crippen LogP contribution in [-0.2, 0) is 6.54 Å². The molecule has 26 heavy (non-hydrogen) atoms. The monoisotopic (exact) mass is 393 g/mol. The van der Waals surface area contributed by atoms with Crippen molar-refractivity contribution in [1.29, 1.82) is 0 Å². The van der Waals surface area contributed by atoms with Gasteiger partial charge >= 0.3 is 0 Å². The molecule has 0 radical (unpaired) electrons. The van der Waals surface area contributed by atoms with Crippen LogP contribution in [0.5, 0.6) is 0 Å². The Bertz CT molecular complexity index is 1030. The maximum Gasteiger partial charge on any atom is 0.159 e. The van der Waals surface area contributed by atoms with Crippen LogP contribution in [0.25, 0.3) is 10.2 Å². The molecule has 7 heteroatoms. The standard InChI is InChI=1S/C19H18ClF2N3S/c1-9-15-10(2)17(26-19(15)25-11(3)16(9)20)18(23-4)24-8-12-5-6-13(21)14(22)7-12/h5-7H,8H2,1-4H3,(H,23,24). The molecule has 0 fully saturated rings. The minimum absolute atomic E-state index is 0.337. The molecule has 0 saturated carbocycles. The second kappa shape index (κ2) is 7.29. The molecule has 2 aromatic heterocycles. The van der Waals surface area contributed by atoms with E-state index in [1.165, 1.54) is 17.4 Å². The van der Waals surface area contributed by atoms with E-state index in [1.807, 2.05) is 20.8 Å². The minimum atomic E-state index is -0.859. The number of fused-ring (bicyclic) bond motifs is 1. The first-order chi connectivity index (χ1) is 12.3. The zero-order chi connectivity index (χ0) is 19.0. The van der Waals surface area contributed by atoms with Gasteiger partial charge < -0.3 is 5.32 Å². The third-order valence-electron chi connectivity index (χ3n) is 4.30. The third kappa shape index (κ3) is 3.31. The van der Waals surface area contributed by atoms with Crippen LogP contribution >= 0.6 is 22.9 Å². The van der Waals surface area contributed by atoms with Crippen molar-refractivity contribution in [3.63, 3.8) is 0 Å². The van der Waals surface area contributed by atoms with Crippen molar-refractivity contribution in [3.8, 4) is 0 Å². The highest BCUT2D eigenvalue weighted by Crippen LogP contribution is 2.36. The van der Waals surface area contributed by atoms with Gasteiger partial charge in [0.15, 0.2) is 11.6 Å². The van der Waals surface area contributed by atoms with Gasteiger partial charge in [-0.2, -0.15) is 0 Å². The molecule has 136 valence electrons. The number of aryl methyl sites for hydroxylation is 3. The Kier molecular flexibility index (Phi) is 5.25. The van der Waals surface area contributed by atoms with Gasteiger partial charge in [0.1, 0.15) is 10.7 Å². The Balaban J connectivity index is 1.94. The summed E-state index contributed by atoms with van der Waals surface area (Å²) in [5.41, 5.74) is 3.49. The van der Waals surface area contributed by atoms with E-state index in [9.17, 15) is 8.78 Å². The third-order valence-corrected chi connectivity index (χ3v) is 6.05. The molecular weight excluding hydrogens is 376 g/mol. The van der Waals surface area contributed by atoms with Gasteiger partial charge in [-0.15, -0.1) is 11.3 Å². The number of halogens is 3. The maximum absolute atomic E-state index is 13.4. The maximum atomic E-state index is 13.4.